The van der Waals surface area contributed by atoms with Crippen molar-refractivity contribution in [2.45, 2.75) is 30.8 Å². The van der Waals surface area contributed by atoms with Crippen molar-refractivity contribution in [2.24, 2.45) is 0 Å². The van der Waals surface area contributed by atoms with Gasteiger partial charge in [-0.1, -0.05) is 30.3 Å². The van der Waals surface area contributed by atoms with Gasteiger partial charge in [-0.2, -0.15) is 0 Å². The van der Waals surface area contributed by atoms with Crippen molar-refractivity contribution >= 4 is 11.7 Å². The van der Waals surface area contributed by atoms with Crippen LogP contribution in [0.15, 0.2) is 42.5 Å². The molecule has 0 unspecified atom stereocenters. The zero-order valence-electron chi connectivity index (χ0n) is 11.2. The van der Waals surface area contributed by atoms with E-state index >= 15 is 0 Å². The largest absolute Gasteiger partial charge is 0.387 e. The van der Waals surface area contributed by atoms with Gasteiger partial charge in [-0.05, 0) is 17.7 Å². The Morgan fingerprint density at radius 3 is 2.62 bits per heavy atom. The van der Waals surface area contributed by atoms with Crippen LogP contribution in [0.4, 0.5) is 0 Å². The van der Waals surface area contributed by atoms with Crippen molar-refractivity contribution in [3.63, 3.8) is 0 Å². The number of hydrogen-bond acceptors (Lipinski definition) is 5. The van der Waals surface area contributed by atoms with Gasteiger partial charge in [-0.15, -0.1) is 0 Å². The van der Waals surface area contributed by atoms with Crippen molar-refractivity contribution in [1.82, 2.24) is 5.06 Å². The van der Waals surface area contributed by atoms with E-state index in [4.69, 9.17) is 4.84 Å². The molecule has 0 bridgehead atoms. The lowest BCUT2D eigenvalue weighted by Crippen LogP contribution is -2.71. The number of aliphatic hydroxyl groups is 2. The minimum absolute atomic E-state index is 0.00377. The van der Waals surface area contributed by atoms with Crippen molar-refractivity contribution < 1.29 is 24.6 Å². The molecule has 3 atom stereocenters. The number of hydroxylamine groups is 2. The average Bonchev–Trinajstić information content (AvgIpc) is 2.49. The molecule has 2 N–H and O–H groups in total. The van der Waals surface area contributed by atoms with Crippen LogP contribution >= 0.6 is 0 Å². The number of benzene rings is 1. The lowest BCUT2D eigenvalue weighted by molar-refractivity contribution is -0.275. The monoisotopic (exact) mass is 289 g/mol. The van der Waals surface area contributed by atoms with Crippen LogP contribution in [0.5, 0.6) is 0 Å². The van der Waals surface area contributed by atoms with Crippen molar-refractivity contribution in [2.75, 3.05) is 0 Å². The molecule has 0 aromatic heterocycles. The van der Waals surface area contributed by atoms with Crippen molar-refractivity contribution in [1.29, 1.82) is 0 Å². The Labute approximate surface area is 121 Å². The normalized spacial score (nSPS) is 31.6. The molecule has 6 heteroatoms. The second-order valence-electron chi connectivity index (χ2n) is 5.24. The maximum Gasteiger partial charge on any atom is 0.249 e. The first-order valence-corrected chi connectivity index (χ1v) is 6.64. The van der Waals surface area contributed by atoms with Gasteiger partial charge in [0.15, 0.2) is 5.78 Å². The summed E-state index contributed by atoms with van der Waals surface area (Å²) < 4.78 is 0. The molecule has 1 amide bonds. The molecule has 1 aliphatic carbocycles. The van der Waals surface area contributed by atoms with Gasteiger partial charge in [-0.3, -0.25) is 14.4 Å². The highest BCUT2D eigenvalue weighted by Crippen LogP contribution is 2.40. The molecule has 0 saturated carbocycles. The number of carbonyl (C=O) groups is 2. The third-order valence-corrected chi connectivity index (χ3v) is 3.88. The summed E-state index contributed by atoms with van der Waals surface area (Å²) in [5.41, 5.74) is -0.280. The van der Waals surface area contributed by atoms with Crippen LogP contribution in [0.2, 0.25) is 0 Å². The first kappa shape index (κ1) is 13.9. The van der Waals surface area contributed by atoms with E-state index in [1.807, 2.05) is 30.3 Å². The van der Waals surface area contributed by atoms with E-state index in [1.54, 1.807) is 0 Å². The summed E-state index contributed by atoms with van der Waals surface area (Å²) in [5, 5.41) is 20.9. The van der Waals surface area contributed by atoms with Crippen LogP contribution in [-0.2, 0) is 21.0 Å². The van der Waals surface area contributed by atoms with Crippen molar-refractivity contribution in [3.05, 3.63) is 48.0 Å². The number of hydrogen-bond donors (Lipinski definition) is 2. The minimum atomic E-state index is -1.54. The molecule has 110 valence electrons. The number of aliphatic hydroxyl groups excluding tert-OH is 2. The van der Waals surface area contributed by atoms with Crippen LogP contribution in [0.3, 0.4) is 0 Å². The smallest absolute Gasteiger partial charge is 0.249 e. The second kappa shape index (κ2) is 5.07. The standard InChI is InChI=1S/C15H15NO5/c17-11-6-7-15(14(20)13(11)19)8-12(18)16(15)21-9-10-4-2-1-3-5-10/h1-7,13-14,19-20H,8-9H2/t13-,14-,15+/m1/s1. The molecule has 0 radical (unpaired) electrons. The number of ketones is 1. The Hall–Kier alpha value is -2.02. The third-order valence-electron chi connectivity index (χ3n) is 3.88. The van der Waals surface area contributed by atoms with Gasteiger partial charge in [-0.25, -0.2) is 5.06 Å². The van der Waals surface area contributed by atoms with Crippen molar-refractivity contribution in [3.8, 4) is 0 Å². The molecule has 1 saturated heterocycles. The van der Waals surface area contributed by atoms with Gasteiger partial charge in [0.2, 0.25) is 5.91 Å². The fourth-order valence-electron chi connectivity index (χ4n) is 2.64. The third kappa shape index (κ3) is 2.17. The first-order valence-electron chi connectivity index (χ1n) is 6.64. The quantitative estimate of drug-likeness (QED) is 0.762. The summed E-state index contributed by atoms with van der Waals surface area (Å²) in [7, 11) is 0. The molecule has 2 aliphatic rings. The van der Waals surface area contributed by atoms with E-state index in [2.05, 4.69) is 0 Å². The summed E-state index contributed by atoms with van der Waals surface area (Å²) in [6.45, 7) is 0.166. The average molecular weight is 289 g/mol. The molecular formula is C15H15NO5. The van der Waals surface area contributed by atoms with Gasteiger partial charge in [0, 0.05) is 0 Å². The van der Waals surface area contributed by atoms with Crippen LogP contribution in [-0.4, -0.2) is 44.7 Å². The van der Waals surface area contributed by atoms with Gasteiger partial charge < -0.3 is 10.2 Å². The lowest BCUT2D eigenvalue weighted by Gasteiger charge is -2.52. The Bertz CT molecular complexity index is 599. The van der Waals surface area contributed by atoms with Crippen LogP contribution < -0.4 is 0 Å². The minimum Gasteiger partial charge on any atom is -0.387 e. The number of carbonyl (C=O) groups excluding carboxylic acids is 2. The van der Waals surface area contributed by atoms with Gasteiger partial charge in [0.1, 0.15) is 24.4 Å². The molecule has 21 heavy (non-hydrogen) atoms. The molecule has 1 aromatic carbocycles. The van der Waals surface area contributed by atoms with Crippen LogP contribution in [0, 0.1) is 0 Å². The zero-order chi connectivity index (χ0) is 15.0. The number of amides is 1. The maximum absolute atomic E-state index is 11.7. The fraction of sp³-hybridized carbons (Fsp3) is 0.333. The van der Waals surface area contributed by atoms with E-state index in [9.17, 15) is 19.8 Å². The van der Waals surface area contributed by atoms with E-state index in [0.717, 1.165) is 10.6 Å². The maximum atomic E-state index is 11.7. The van der Waals surface area contributed by atoms with Crippen LogP contribution in [0.25, 0.3) is 0 Å². The summed E-state index contributed by atoms with van der Waals surface area (Å²) in [5.74, 6) is -0.869. The molecule has 1 heterocycles. The summed E-state index contributed by atoms with van der Waals surface area (Å²) in [6, 6.07) is 9.27. The highest BCUT2D eigenvalue weighted by Gasteiger charge is 2.59. The Morgan fingerprint density at radius 1 is 1.24 bits per heavy atom. The Balaban J connectivity index is 1.77. The molecule has 6 nitrogen and oxygen atoms in total. The highest BCUT2D eigenvalue weighted by molar-refractivity contribution is 5.97. The number of nitrogens with zero attached hydrogens (tertiary/aromatic N) is 1. The lowest BCUT2D eigenvalue weighted by atomic mass is 9.74. The van der Waals surface area contributed by atoms with E-state index in [-0.39, 0.29) is 18.9 Å². The molecule has 1 spiro atoms. The predicted octanol–water partition coefficient (Wildman–Crippen LogP) is -0.0500. The molecule has 3 rings (SSSR count). The molecule has 1 aromatic rings. The number of rotatable bonds is 3. The summed E-state index contributed by atoms with van der Waals surface area (Å²) in [4.78, 5) is 28.6. The van der Waals surface area contributed by atoms with Gasteiger partial charge >= 0.3 is 0 Å². The van der Waals surface area contributed by atoms with E-state index in [1.165, 1.54) is 12.2 Å². The first-order chi connectivity index (χ1) is 10.0. The SMILES string of the molecule is O=C1C=C[C@]2(CC(=O)N2OCc2ccccc2)[C@H](O)[C@@H]1O. The highest BCUT2D eigenvalue weighted by atomic mass is 16.7. The Morgan fingerprint density at radius 2 is 1.95 bits per heavy atom. The topological polar surface area (TPSA) is 87.1 Å². The van der Waals surface area contributed by atoms with Crippen LogP contribution in [0.1, 0.15) is 12.0 Å². The van der Waals surface area contributed by atoms with E-state index in [0.29, 0.717) is 0 Å². The number of β-lactam (4-membered cyclic amide) rings is 1. The Kier molecular flexibility index (Phi) is 3.36. The predicted molar refractivity (Wildman–Crippen MR) is 71.6 cm³/mol. The van der Waals surface area contributed by atoms with E-state index < -0.39 is 23.5 Å². The fourth-order valence-corrected chi connectivity index (χ4v) is 2.64. The summed E-state index contributed by atoms with van der Waals surface area (Å²) in [6.07, 6.45) is -0.305. The van der Waals surface area contributed by atoms with Gasteiger partial charge in [0.05, 0.1) is 6.42 Å². The molecule has 1 aliphatic heterocycles. The molecular weight excluding hydrogens is 274 g/mol. The van der Waals surface area contributed by atoms with Gasteiger partial charge in [0.25, 0.3) is 0 Å². The second-order valence-corrected chi connectivity index (χ2v) is 5.24. The zero-order valence-corrected chi connectivity index (χ0v) is 11.2. The molecule has 1 fully saturated rings. The summed E-state index contributed by atoms with van der Waals surface area (Å²) >= 11 is 0.